The maximum atomic E-state index is 12.0. The zero-order valence-electron chi connectivity index (χ0n) is 11.9. The first kappa shape index (κ1) is 15.1. The molecule has 7 heteroatoms. The Labute approximate surface area is 123 Å². The molecule has 1 saturated heterocycles. The molecule has 0 aromatic heterocycles. The Morgan fingerprint density at radius 1 is 1.38 bits per heavy atom. The van der Waals surface area contributed by atoms with Crippen LogP contribution in [0.25, 0.3) is 0 Å². The molecular formula is C14H19N3O4. The molecule has 1 aromatic carbocycles. The van der Waals surface area contributed by atoms with Gasteiger partial charge < -0.3 is 24.8 Å². The van der Waals surface area contributed by atoms with E-state index in [9.17, 15) is 4.79 Å². The van der Waals surface area contributed by atoms with E-state index in [2.05, 4.69) is 0 Å². The average Bonchev–Trinajstić information content (AvgIpc) is 2.53. The SMILES string of the molecule is COc1cc(C(=N)N)ccc1OCC(=O)N1CCOCC1. The molecule has 1 aliphatic rings. The van der Waals surface area contributed by atoms with E-state index in [4.69, 9.17) is 25.4 Å². The van der Waals surface area contributed by atoms with Gasteiger partial charge in [-0.1, -0.05) is 0 Å². The molecule has 0 radical (unpaired) electrons. The second-order valence-corrected chi connectivity index (χ2v) is 4.56. The number of amidine groups is 1. The molecule has 114 valence electrons. The average molecular weight is 293 g/mol. The molecule has 1 heterocycles. The number of nitrogens with zero attached hydrogens (tertiary/aromatic N) is 1. The summed E-state index contributed by atoms with van der Waals surface area (Å²) in [5.41, 5.74) is 5.96. The van der Waals surface area contributed by atoms with Crippen molar-refractivity contribution in [1.29, 1.82) is 5.41 Å². The summed E-state index contributed by atoms with van der Waals surface area (Å²) >= 11 is 0. The van der Waals surface area contributed by atoms with E-state index in [1.54, 1.807) is 23.1 Å². The summed E-state index contributed by atoms with van der Waals surface area (Å²) in [6.45, 7) is 2.23. The van der Waals surface area contributed by atoms with Gasteiger partial charge in [0.1, 0.15) is 5.84 Å². The van der Waals surface area contributed by atoms with Crippen LogP contribution in [0.15, 0.2) is 18.2 Å². The quantitative estimate of drug-likeness (QED) is 0.597. The number of amides is 1. The van der Waals surface area contributed by atoms with Crippen LogP contribution in [0.4, 0.5) is 0 Å². The molecule has 0 bridgehead atoms. The number of benzene rings is 1. The number of hydrogen-bond donors (Lipinski definition) is 2. The van der Waals surface area contributed by atoms with Gasteiger partial charge in [-0.25, -0.2) is 0 Å². The summed E-state index contributed by atoms with van der Waals surface area (Å²) in [6.07, 6.45) is 0. The largest absolute Gasteiger partial charge is 0.493 e. The van der Waals surface area contributed by atoms with Gasteiger partial charge in [0.05, 0.1) is 20.3 Å². The maximum absolute atomic E-state index is 12.0. The molecular weight excluding hydrogens is 274 g/mol. The fraction of sp³-hybridized carbons (Fsp3) is 0.429. The van der Waals surface area contributed by atoms with E-state index in [-0.39, 0.29) is 18.3 Å². The first-order valence-corrected chi connectivity index (χ1v) is 6.62. The minimum atomic E-state index is -0.0870. The van der Waals surface area contributed by atoms with E-state index in [1.807, 2.05) is 0 Å². The summed E-state index contributed by atoms with van der Waals surface area (Å²) < 4.78 is 15.9. The lowest BCUT2D eigenvalue weighted by atomic mass is 10.2. The smallest absolute Gasteiger partial charge is 0.260 e. The Balaban J connectivity index is 1.98. The molecule has 0 spiro atoms. The fourth-order valence-electron chi connectivity index (χ4n) is 2.00. The molecule has 1 aromatic rings. The molecule has 0 saturated carbocycles. The lowest BCUT2D eigenvalue weighted by Crippen LogP contribution is -2.43. The standard InChI is InChI=1S/C14H19N3O4/c1-19-12-8-10(14(15)16)2-3-11(12)21-9-13(18)17-4-6-20-7-5-17/h2-3,8H,4-7,9H2,1H3,(H3,15,16). The fourth-order valence-corrected chi connectivity index (χ4v) is 2.00. The number of methoxy groups -OCH3 is 1. The van der Waals surface area contributed by atoms with Gasteiger partial charge in [-0.15, -0.1) is 0 Å². The molecule has 0 atom stereocenters. The summed E-state index contributed by atoms with van der Waals surface area (Å²) in [5.74, 6) is 0.752. The van der Waals surface area contributed by atoms with Crippen LogP contribution in [0.3, 0.4) is 0 Å². The molecule has 21 heavy (non-hydrogen) atoms. The van der Waals surface area contributed by atoms with Crippen molar-refractivity contribution in [3.8, 4) is 11.5 Å². The summed E-state index contributed by atoms with van der Waals surface area (Å²) in [7, 11) is 1.50. The molecule has 1 aliphatic heterocycles. The topological polar surface area (TPSA) is 97.9 Å². The van der Waals surface area contributed by atoms with Crippen LogP contribution in [0, 0.1) is 5.41 Å². The third-order valence-corrected chi connectivity index (χ3v) is 3.19. The highest BCUT2D eigenvalue weighted by molar-refractivity contribution is 5.95. The van der Waals surface area contributed by atoms with Crippen LogP contribution in [0.2, 0.25) is 0 Å². The first-order chi connectivity index (χ1) is 10.1. The van der Waals surface area contributed by atoms with E-state index in [0.29, 0.717) is 43.4 Å². The zero-order valence-corrected chi connectivity index (χ0v) is 11.9. The van der Waals surface area contributed by atoms with Crippen molar-refractivity contribution in [2.24, 2.45) is 5.73 Å². The van der Waals surface area contributed by atoms with Gasteiger partial charge in [0.25, 0.3) is 5.91 Å². The van der Waals surface area contributed by atoms with Crippen molar-refractivity contribution in [2.45, 2.75) is 0 Å². The number of hydrogen-bond acceptors (Lipinski definition) is 5. The van der Waals surface area contributed by atoms with Crippen LogP contribution in [0.5, 0.6) is 11.5 Å². The summed E-state index contributed by atoms with van der Waals surface area (Å²) in [5, 5.41) is 7.39. The van der Waals surface area contributed by atoms with Crippen LogP contribution in [-0.2, 0) is 9.53 Å². The minimum absolute atomic E-state index is 0.0516. The summed E-state index contributed by atoms with van der Waals surface area (Å²) in [4.78, 5) is 13.7. The zero-order chi connectivity index (χ0) is 15.2. The van der Waals surface area contributed by atoms with Crippen LogP contribution < -0.4 is 15.2 Å². The number of ether oxygens (including phenoxy) is 3. The maximum Gasteiger partial charge on any atom is 0.260 e. The lowest BCUT2D eigenvalue weighted by Gasteiger charge is -2.26. The Morgan fingerprint density at radius 3 is 2.71 bits per heavy atom. The monoisotopic (exact) mass is 293 g/mol. The number of nitrogen functional groups attached to an aromatic ring is 1. The molecule has 2 rings (SSSR count). The molecule has 3 N–H and O–H groups in total. The minimum Gasteiger partial charge on any atom is -0.493 e. The van der Waals surface area contributed by atoms with E-state index >= 15 is 0 Å². The van der Waals surface area contributed by atoms with Crippen LogP contribution in [-0.4, -0.2) is 56.7 Å². The molecule has 0 unspecified atom stereocenters. The Kier molecular flexibility index (Phi) is 4.99. The number of carbonyl (C=O) groups is 1. The predicted molar refractivity (Wildman–Crippen MR) is 76.9 cm³/mol. The van der Waals surface area contributed by atoms with E-state index in [1.165, 1.54) is 7.11 Å². The van der Waals surface area contributed by atoms with Crippen molar-refractivity contribution in [1.82, 2.24) is 4.90 Å². The van der Waals surface area contributed by atoms with Gasteiger partial charge in [0.2, 0.25) is 0 Å². The molecule has 0 aliphatic carbocycles. The van der Waals surface area contributed by atoms with Gasteiger partial charge in [0.15, 0.2) is 18.1 Å². The van der Waals surface area contributed by atoms with E-state index in [0.717, 1.165) is 0 Å². The second kappa shape index (κ2) is 6.94. The van der Waals surface area contributed by atoms with Crippen molar-refractivity contribution in [3.05, 3.63) is 23.8 Å². The summed E-state index contributed by atoms with van der Waals surface area (Å²) in [6, 6.07) is 4.90. The molecule has 7 nitrogen and oxygen atoms in total. The number of carbonyl (C=O) groups excluding carboxylic acids is 1. The highest BCUT2D eigenvalue weighted by Crippen LogP contribution is 2.27. The third-order valence-electron chi connectivity index (χ3n) is 3.19. The van der Waals surface area contributed by atoms with Gasteiger partial charge in [-0.05, 0) is 18.2 Å². The number of morpholine rings is 1. The Hall–Kier alpha value is -2.28. The van der Waals surface area contributed by atoms with Gasteiger partial charge in [-0.3, -0.25) is 10.2 Å². The normalized spacial score (nSPS) is 14.6. The Bertz CT molecular complexity index is 527. The predicted octanol–water partition coefficient (Wildman–Crippen LogP) is 0.217. The van der Waals surface area contributed by atoms with Crippen LogP contribution >= 0.6 is 0 Å². The second-order valence-electron chi connectivity index (χ2n) is 4.56. The number of nitrogens with one attached hydrogen (secondary N) is 1. The van der Waals surface area contributed by atoms with Crippen molar-refractivity contribution in [2.75, 3.05) is 40.0 Å². The van der Waals surface area contributed by atoms with Gasteiger partial charge >= 0.3 is 0 Å². The van der Waals surface area contributed by atoms with Crippen LogP contribution in [0.1, 0.15) is 5.56 Å². The van der Waals surface area contributed by atoms with Crippen molar-refractivity contribution >= 4 is 11.7 Å². The van der Waals surface area contributed by atoms with E-state index < -0.39 is 0 Å². The van der Waals surface area contributed by atoms with Gasteiger partial charge in [0, 0.05) is 18.7 Å². The first-order valence-electron chi connectivity index (χ1n) is 6.62. The number of nitrogens with two attached hydrogens (primary N) is 1. The lowest BCUT2D eigenvalue weighted by molar-refractivity contribution is -0.137. The highest BCUT2D eigenvalue weighted by Gasteiger charge is 2.18. The van der Waals surface area contributed by atoms with Gasteiger partial charge in [-0.2, -0.15) is 0 Å². The van der Waals surface area contributed by atoms with Crippen molar-refractivity contribution in [3.63, 3.8) is 0 Å². The Morgan fingerprint density at radius 2 is 2.10 bits per heavy atom. The molecule has 1 amide bonds. The van der Waals surface area contributed by atoms with Crippen molar-refractivity contribution < 1.29 is 19.0 Å². The molecule has 1 fully saturated rings. The highest BCUT2D eigenvalue weighted by atomic mass is 16.5. The number of rotatable bonds is 5. The third kappa shape index (κ3) is 3.85.